The average molecular weight is 417 g/mol. The summed E-state index contributed by atoms with van der Waals surface area (Å²) in [7, 11) is 0. The van der Waals surface area contributed by atoms with Crippen molar-refractivity contribution < 1.29 is 4.42 Å². The Morgan fingerprint density at radius 1 is 0.552 bits per heavy atom. The minimum absolute atomic E-state index is 0.675. The maximum absolute atomic E-state index is 6.02. The average Bonchev–Trinajstić information content (AvgIpc) is 3.23. The van der Waals surface area contributed by atoms with Crippen LogP contribution in [-0.2, 0) is 0 Å². The van der Waals surface area contributed by atoms with E-state index in [1.165, 1.54) is 0 Å². The predicted molar refractivity (Wildman–Crippen MR) is 119 cm³/mol. The van der Waals surface area contributed by atoms with Gasteiger partial charge in [-0.3, -0.25) is 0 Å². The molecular formula is C24H14Cl2N2O. The lowest BCUT2D eigenvalue weighted by atomic mass is 9.87. The smallest absolute Gasteiger partial charge is 0.162 e. The van der Waals surface area contributed by atoms with E-state index in [0.717, 1.165) is 39.5 Å². The summed E-state index contributed by atoms with van der Waals surface area (Å²) in [6.07, 6.45) is 1.67. The van der Waals surface area contributed by atoms with E-state index in [-0.39, 0.29) is 0 Å². The Morgan fingerprint density at radius 2 is 1.07 bits per heavy atom. The molecule has 5 rings (SSSR count). The number of benzene rings is 3. The topological polar surface area (TPSA) is 37.9 Å². The Kier molecular flexibility index (Phi) is 4.55. The van der Waals surface area contributed by atoms with Gasteiger partial charge in [0, 0.05) is 26.7 Å². The fraction of sp³-hybridized carbons (Fsp3) is 0. The normalized spacial score (nSPS) is 15.4. The lowest BCUT2D eigenvalue weighted by Crippen LogP contribution is -2.20. The number of nitrogens with zero attached hydrogens (tertiary/aromatic N) is 2. The number of aliphatic imine (C=N–C) groups is 2. The molecule has 0 fully saturated rings. The number of rotatable bonds is 2. The van der Waals surface area contributed by atoms with Crippen molar-refractivity contribution in [1.82, 2.24) is 0 Å². The molecule has 0 radical (unpaired) electrons. The summed E-state index contributed by atoms with van der Waals surface area (Å²) in [5.41, 5.74) is 6.14. The van der Waals surface area contributed by atoms with Crippen molar-refractivity contribution in [2.45, 2.75) is 0 Å². The van der Waals surface area contributed by atoms with E-state index < -0.39 is 0 Å². The molecule has 0 aliphatic heterocycles. The van der Waals surface area contributed by atoms with E-state index in [2.05, 4.69) is 6.07 Å². The maximum atomic E-state index is 6.02. The Bertz CT molecular complexity index is 1160. The largest absolute Gasteiger partial charge is 0.462 e. The highest BCUT2D eigenvalue weighted by atomic mass is 35.5. The van der Waals surface area contributed by atoms with Crippen LogP contribution in [-0.4, -0.2) is 11.4 Å². The Morgan fingerprint density at radius 3 is 1.66 bits per heavy atom. The highest BCUT2D eigenvalue weighted by molar-refractivity contribution is 6.32. The van der Waals surface area contributed by atoms with E-state index in [1.54, 1.807) is 6.26 Å². The first-order chi connectivity index (χ1) is 14.2. The highest BCUT2D eigenvalue weighted by Gasteiger charge is 2.29. The van der Waals surface area contributed by atoms with E-state index in [9.17, 15) is 0 Å². The van der Waals surface area contributed by atoms with Crippen LogP contribution in [0.4, 0.5) is 11.4 Å². The minimum Gasteiger partial charge on any atom is -0.462 e. The van der Waals surface area contributed by atoms with Gasteiger partial charge in [-0.2, -0.15) is 0 Å². The summed E-state index contributed by atoms with van der Waals surface area (Å²) in [4.78, 5) is 9.75. The first kappa shape index (κ1) is 17.9. The molecule has 0 bridgehead atoms. The third kappa shape index (κ3) is 3.39. The zero-order valence-electron chi connectivity index (χ0n) is 15.1. The summed E-state index contributed by atoms with van der Waals surface area (Å²) in [6.45, 7) is 0. The van der Waals surface area contributed by atoms with Crippen LogP contribution in [0.25, 0.3) is 0 Å². The van der Waals surface area contributed by atoms with Crippen molar-refractivity contribution in [3.05, 3.63) is 118 Å². The molecule has 3 aromatic carbocycles. The van der Waals surface area contributed by atoms with Crippen molar-refractivity contribution >= 4 is 46.0 Å². The van der Waals surface area contributed by atoms with Gasteiger partial charge >= 0.3 is 0 Å². The lowest BCUT2D eigenvalue weighted by Gasteiger charge is -2.19. The van der Waals surface area contributed by atoms with Gasteiger partial charge in [-0.05, 0) is 54.6 Å². The maximum Gasteiger partial charge on any atom is 0.162 e. The van der Waals surface area contributed by atoms with Crippen LogP contribution in [0.15, 0.2) is 99.5 Å². The number of hydrogen-bond acceptors (Lipinski definition) is 3. The standard InChI is InChI=1S/C24H14Cl2N2O/c25-15-5-9-17(10-6-15)27-22-19-3-1-2-4-20(19)23(24-21(22)13-14-29-24)28-18-11-7-16(26)8-12-18/h1-14H. The second kappa shape index (κ2) is 7.36. The third-order valence-electron chi connectivity index (χ3n) is 4.71. The predicted octanol–water partition coefficient (Wildman–Crippen LogP) is 7.24. The molecule has 0 saturated carbocycles. The first-order valence-electron chi connectivity index (χ1n) is 9.05. The molecule has 140 valence electrons. The molecule has 0 spiro atoms. The summed E-state index contributed by atoms with van der Waals surface area (Å²) in [6, 6.07) is 24.9. The first-order valence-corrected chi connectivity index (χ1v) is 9.81. The van der Waals surface area contributed by atoms with Crippen molar-refractivity contribution in [2.75, 3.05) is 0 Å². The molecule has 1 aliphatic rings. The number of hydrogen-bond donors (Lipinski definition) is 0. The van der Waals surface area contributed by atoms with E-state index >= 15 is 0 Å². The summed E-state index contributed by atoms with van der Waals surface area (Å²) < 4.78 is 5.85. The molecule has 0 amide bonds. The van der Waals surface area contributed by atoms with Crippen molar-refractivity contribution in [3.8, 4) is 0 Å². The minimum atomic E-state index is 0.675. The van der Waals surface area contributed by atoms with E-state index in [4.69, 9.17) is 37.6 Å². The summed E-state index contributed by atoms with van der Waals surface area (Å²) in [5.74, 6) is 0.700. The van der Waals surface area contributed by atoms with Gasteiger partial charge in [-0.1, -0.05) is 47.5 Å². The third-order valence-corrected chi connectivity index (χ3v) is 5.21. The van der Waals surface area contributed by atoms with Gasteiger partial charge in [-0.15, -0.1) is 0 Å². The molecule has 29 heavy (non-hydrogen) atoms. The molecule has 0 N–H and O–H groups in total. The van der Waals surface area contributed by atoms with Gasteiger partial charge < -0.3 is 4.42 Å². The van der Waals surface area contributed by atoms with Crippen LogP contribution in [0.3, 0.4) is 0 Å². The van der Waals surface area contributed by atoms with Crippen LogP contribution in [0.1, 0.15) is 22.5 Å². The fourth-order valence-electron chi connectivity index (χ4n) is 3.36. The van der Waals surface area contributed by atoms with Crippen LogP contribution >= 0.6 is 23.2 Å². The zero-order chi connectivity index (χ0) is 19.8. The Hall–Kier alpha value is -3.14. The number of furan rings is 1. The molecule has 0 saturated heterocycles. The van der Waals surface area contributed by atoms with E-state index in [0.29, 0.717) is 15.8 Å². The van der Waals surface area contributed by atoms with Crippen LogP contribution in [0.5, 0.6) is 0 Å². The Labute approximate surface area is 178 Å². The van der Waals surface area contributed by atoms with Crippen LogP contribution in [0.2, 0.25) is 10.0 Å². The Balaban J connectivity index is 1.71. The quantitative estimate of drug-likeness (QED) is 0.298. The molecule has 1 aliphatic carbocycles. The fourth-order valence-corrected chi connectivity index (χ4v) is 3.62. The molecular weight excluding hydrogens is 403 g/mol. The molecule has 0 atom stereocenters. The van der Waals surface area contributed by atoms with Gasteiger partial charge in [0.05, 0.1) is 23.3 Å². The van der Waals surface area contributed by atoms with E-state index in [1.807, 2.05) is 72.8 Å². The second-order valence-corrected chi connectivity index (χ2v) is 7.46. The van der Waals surface area contributed by atoms with Crippen LogP contribution in [0, 0.1) is 0 Å². The highest BCUT2D eigenvalue weighted by Crippen LogP contribution is 2.32. The number of halogens is 2. The van der Waals surface area contributed by atoms with Gasteiger partial charge in [0.15, 0.2) is 5.76 Å². The molecule has 1 aromatic heterocycles. The van der Waals surface area contributed by atoms with Crippen LogP contribution < -0.4 is 0 Å². The molecule has 5 heteroatoms. The van der Waals surface area contributed by atoms with Crippen molar-refractivity contribution in [2.24, 2.45) is 9.98 Å². The molecule has 3 nitrogen and oxygen atoms in total. The summed E-state index contributed by atoms with van der Waals surface area (Å²) >= 11 is 12.0. The van der Waals surface area contributed by atoms with Gasteiger partial charge in [0.1, 0.15) is 5.71 Å². The number of fused-ring (bicyclic) bond motifs is 2. The van der Waals surface area contributed by atoms with Gasteiger partial charge in [0.25, 0.3) is 0 Å². The monoisotopic (exact) mass is 416 g/mol. The van der Waals surface area contributed by atoms with Crippen molar-refractivity contribution in [1.29, 1.82) is 0 Å². The SMILES string of the molecule is Clc1ccc(N=C2c3ccccc3C(=Nc3ccc(Cl)cc3)c3occc32)cc1. The van der Waals surface area contributed by atoms with Gasteiger partial charge in [0.2, 0.25) is 0 Å². The molecule has 4 aromatic rings. The molecule has 1 heterocycles. The molecule has 0 unspecified atom stereocenters. The lowest BCUT2D eigenvalue weighted by molar-refractivity contribution is 0.557. The van der Waals surface area contributed by atoms with Crippen molar-refractivity contribution in [3.63, 3.8) is 0 Å². The van der Waals surface area contributed by atoms with Gasteiger partial charge in [-0.25, -0.2) is 9.98 Å². The zero-order valence-corrected chi connectivity index (χ0v) is 16.7. The second-order valence-electron chi connectivity index (χ2n) is 6.58. The summed E-state index contributed by atoms with van der Waals surface area (Å²) in [5, 5.41) is 1.36.